The summed E-state index contributed by atoms with van der Waals surface area (Å²) in [4.78, 5) is 25.5. The maximum absolute atomic E-state index is 13.2. The standard InChI is InChI=1S/C26H38Cl2N2O4/c1-4-6-7-8-9-10-11-12-13-14-17-34-25(32)26(3)19-22(24(31)33-5-2)29-30(26)23-16-15-20(27)18-21(23)28/h15-16,18H,4-14,17,19H2,1-3H3. The second kappa shape index (κ2) is 14.6. The average molecular weight is 514 g/mol. The molecule has 1 aromatic rings. The Balaban J connectivity index is 1.90. The molecule has 8 heteroatoms. The molecule has 1 atom stereocenters. The van der Waals surface area contributed by atoms with E-state index >= 15 is 0 Å². The molecule has 0 fully saturated rings. The molecule has 0 radical (unpaired) electrons. The first-order chi connectivity index (χ1) is 16.3. The van der Waals surface area contributed by atoms with Crippen LogP contribution in [0.2, 0.25) is 10.0 Å². The highest BCUT2D eigenvalue weighted by molar-refractivity contribution is 6.39. The maximum atomic E-state index is 13.2. The minimum atomic E-state index is -1.21. The number of nitrogens with zero attached hydrogens (tertiary/aromatic N) is 2. The molecular formula is C26H38Cl2N2O4. The van der Waals surface area contributed by atoms with Crippen LogP contribution in [-0.4, -0.2) is 36.4 Å². The van der Waals surface area contributed by atoms with E-state index in [9.17, 15) is 9.59 Å². The van der Waals surface area contributed by atoms with E-state index in [0.717, 1.165) is 19.3 Å². The molecule has 0 saturated heterocycles. The van der Waals surface area contributed by atoms with Gasteiger partial charge < -0.3 is 9.47 Å². The molecule has 1 unspecified atom stereocenters. The van der Waals surface area contributed by atoms with E-state index in [1.165, 1.54) is 50.0 Å². The second-order valence-corrected chi connectivity index (χ2v) is 9.79. The largest absolute Gasteiger partial charge is 0.464 e. The lowest BCUT2D eigenvalue weighted by Gasteiger charge is -2.32. The lowest BCUT2D eigenvalue weighted by atomic mass is 9.95. The van der Waals surface area contributed by atoms with Gasteiger partial charge >= 0.3 is 11.9 Å². The summed E-state index contributed by atoms with van der Waals surface area (Å²) in [6.45, 7) is 6.22. The second-order valence-electron chi connectivity index (χ2n) is 8.94. The number of hydrazone groups is 1. The van der Waals surface area contributed by atoms with Crippen LogP contribution in [0.5, 0.6) is 0 Å². The normalized spacial score (nSPS) is 17.6. The van der Waals surface area contributed by atoms with Crippen molar-refractivity contribution in [1.29, 1.82) is 0 Å². The third kappa shape index (κ3) is 8.16. The number of carbonyl (C=O) groups is 2. The Kier molecular flexibility index (Phi) is 12.2. The van der Waals surface area contributed by atoms with E-state index in [2.05, 4.69) is 12.0 Å². The molecule has 0 saturated carbocycles. The van der Waals surface area contributed by atoms with Gasteiger partial charge in [0.15, 0.2) is 5.54 Å². The summed E-state index contributed by atoms with van der Waals surface area (Å²) in [6, 6.07) is 4.91. The van der Waals surface area contributed by atoms with Crippen molar-refractivity contribution in [2.75, 3.05) is 18.2 Å². The smallest absolute Gasteiger partial charge is 0.354 e. The van der Waals surface area contributed by atoms with Crippen LogP contribution in [0, 0.1) is 0 Å². The van der Waals surface area contributed by atoms with Crippen LogP contribution in [0.4, 0.5) is 5.69 Å². The van der Waals surface area contributed by atoms with Crippen molar-refractivity contribution < 1.29 is 19.1 Å². The zero-order valence-electron chi connectivity index (χ0n) is 20.7. The molecule has 1 aliphatic heterocycles. The molecule has 1 heterocycles. The number of benzene rings is 1. The highest BCUT2D eigenvalue weighted by Crippen LogP contribution is 2.39. The Morgan fingerprint density at radius 2 is 1.59 bits per heavy atom. The van der Waals surface area contributed by atoms with Crippen molar-refractivity contribution in [3.8, 4) is 0 Å². The lowest BCUT2D eigenvalue weighted by Crippen LogP contribution is -2.49. The van der Waals surface area contributed by atoms with E-state index in [1.807, 2.05) is 0 Å². The summed E-state index contributed by atoms with van der Waals surface area (Å²) in [6.07, 6.45) is 12.1. The molecule has 2 rings (SSSR count). The number of hydrogen-bond donors (Lipinski definition) is 0. The number of rotatable bonds is 15. The van der Waals surface area contributed by atoms with Crippen molar-refractivity contribution in [2.45, 2.75) is 96.9 Å². The molecule has 0 aromatic heterocycles. The summed E-state index contributed by atoms with van der Waals surface area (Å²) in [5, 5.41) is 6.64. The van der Waals surface area contributed by atoms with Crippen LogP contribution in [-0.2, 0) is 19.1 Å². The van der Waals surface area contributed by atoms with Gasteiger partial charge in [-0.3, -0.25) is 0 Å². The fourth-order valence-corrected chi connectivity index (χ4v) is 4.52. The van der Waals surface area contributed by atoms with Gasteiger partial charge in [0, 0.05) is 11.4 Å². The first-order valence-electron chi connectivity index (χ1n) is 12.5. The summed E-state index contributed by atoms with van der Waals surface area (Å²) in [7, 11) is 0. The number of unbranched alkanes of at least 4 members (excludes halogenated alkanes) is 9. The fraction of sp³-hybridized carbons (Fsp3) is 0.654. The number of ether oxygens (including phenoxy) is 2. The topological polar surface area (TPSA) is 68.2 Å². The van der Waals surface area contributed by atoms with Crippen molar-refractivity contribution in [2.24, 2.45) is 5.10 Å². The zero-order valence-corrected chi connectivity index (χ0v) is 22.2. The van der Waals surface area contributed by atoms with E-state index in [0.29, 0.717) is 22.3 Å². The highest BCUT2D eigenvalue weighted by Gasteiger charge is 2.49. The van der Waals surface area contributed by atoms with Gasteiger partial charge in [-0.25, -0.2) is 14.6 Å². The Hall–Kier alpha value is -1.79. The molecule has 34 heavy (non-hydrogen) atoms. The number of esters is 2. The maximum Gasteiger partial charge on any atom is 0.354 e. The highest BCUT2D eigenvalue weighted by atomic mass is 35.5. The van der Waals surface area contributed by atoms with E-state index in [-0.39, 0.29) is 18.7 Å². The zero-order chi connectivity index (χ0) is 25.0. The number of halogens is 2. The molecule has 0 amide bonds. The monoisotopic (exact) mass is 512 g/mol. The van der Waals surface area contributed by atoms with E-state index in [1.54, 1.807) is 32.0 Å². The van der Waals surface area contributed by atoms with Gasteiger partial charge in [-0.1, -0.05) is 87.9 Å². The van der Waals surface area contributed by atoms with Crippen molar-refractivity contribution in [1.82, 2.24) is 0 Å². The van der Waals surface area contributed by atoms with Gasteiger partial charge in [-0.05, 0) is 38.5 Å². The van der Waals surface area contributed by atoms with Crippen molar-refractivity contribution in [3.63, 3.8) is 0 Å². The van der Waals surface area contributed by atoms with Crippen LogP contribution in [0.1, 0.15) is 91.4 Å². The van der Waals surface area contributed by atoms with E-state index in [4.69, 9.17) is 32.7 Å². The first-order valence-corrected chi connectivity index (χ1v) is 13.3. The lowest BCUT2D eigenvalue weighted by molar-refractivity contribution is -0.149. The Labute approximate surface area is 214 Å². The van der Waals surface area contributed by atoms with Gasteiger partial charge in [0.1, 0.15) is 5.71 Å². The van der Waals surface area contributed by atoms with Gasteiger partial charge in [-0.15, -0.1) is 0 Å². The third-order valence-electron chi connectivity index (χ3n) is 6.02. The van der Waals surface area contributed by atoms with Crippen LogP contribution in [0.3, 0.4) is 0 Å². The Morgan fingerprint density at radius 1 is 0.971 bits per heavy atom. The minimum absolute atomic E-state index is 0.0711. The third-order valence-corrected chi connectivity index (χ3v) is 6.56. The predicted molar refractivity (Wildman–Crippen MR) is 139 cm³/mol. The quantitative estimate of drug-likeness (QED) is 0.181. The molecule has 1 aromatic carbocycles. The SMILES string of the molecule is CCCCCCCCCCCCOC(=O)C1(C)CC(C(=O)OCC)=NN1c1ccc(Cl)cc1Cl. The summed E-state index contributed by atoms with van der Waals surface area (Å²) < 4.78 is 10.7. The molecule has 0 N–H and O–H groups in total. The Morgan fingerprint density at radius 3 is 2.18 bits per heavy atom. The Bertz CT molecular complexity index is 846. The van der Waals surface area contributed by atoms with Gasteiger partial charge in [-0.2, -0.15) is 5.10 Å². The predicted octanol–water partition coefficient (Wildman–Crippen LogP) is 7.35. The van der Waals surface area contributed by atoms with Crippen molar-refractivity contribution in [3.05, 3.63) is 28.2 Å². The van der Waals surface area contributed by atoms with Gasteiger partial charge in [0.25, 0.3) is 0 Å². The fourth-order valence-electron chi connectivity index (χ4n) is 4.04. The van der Waals surface area contributed by atoms with Crippen LogP contribution >= 0.6 is 23.2 Å². The number of hydrogen-bond acceptors (Lipinski definition) is 6. The number of anilines is 1. The molecule has 190 valence electrons. The van der Waals surface area contributed by atoms with Gasteiger partial charge in [0.2, 0.25) is 0 Å². The van der Waals surface area contributed by atoms with Crippen LogP contribution in [0.25, 0.3) is 0 Å². The first kappa shape index (κ1) is 28.4. The molecule has 0 spiro atoms. The van der Waals surface area contributed by atoms with Crippen LogP contribution in [0.15, 0.2) is 23.3 Å². The van der Waals surface area contributed by atoms with Crippen molar-refractivity contribution >= 4 is 46.5 Å². The van der Waals surface area contributed by atoms with Crippen LogP contribution < -0.4 is 5.01 Å². The van der Waals surface area contributed by atoms with E-state index < -0.39 is 17.5 Å². The molecule has 0 aliphatic carbocycles. The summed E-state index contributed by atoms with van der Waals surface area (Å²) >= 11 is 12.4. The summed E-state index contributed by atoms with van der Waals surface area (Å²) in [5.74, 6) is -0.999. The van der Waals surface area contributed by atoms with Gasteiger partial charge in [0.05, 0.1) is 23.9 Å². The molecule has 6 nitrogen and oxygen atoms in total. The number of carbonyl (C=O) groups excluding carboxylic acids is 2. The summed E-state index contributed by atoms with van der Waals surface area (Å²) in [5.41, 5.74) is -0.576. The average Bonchev–Trinajstić information content (AvgIpc) is 3.16. The minimum Gasteiger partial charge on any atom is -0.464 e. The molecule has 0 bridgehead atoms. The molecule has 1 aliphatic rings. The molecular weight excluding hydrogens is 475 g/mol.